The van der Waals surface area contributed by atoms with Crippen LogP contribution in [0.25, 0.3) is 16.6 Å². The molecule has 1 aromatic carbocycles. The number of nitrogens with zero attached hydrogens (tertiary/aromatic N) is 1. The normalized spacial score (nSPS) is 25.1. The van der Waals surface area contributed by atoms with E-state index < -0.39 is 42.8 Å². The van der Waals surface area contributed by atoms with E-state index in [2.05, 4.69) is 0 Å². The third-order valence-corrected chi connectivity index (χ3v) is 5.40. The minimum absolute atomic E-state index is 0.116. The first-order valence-corrected chi connectivity index (χ1v) is 9.19. The summed E-state index contributed by atoms with van der Waals surface area (Å²) in [6.45, 7) is -0.548. The summed E-state index contributed by atoms with van der Waals surface area (Å²) >= 11 is 6.16. The van der Waals surface area contributed by atoms with Crippen molar-refractivity contribution >= 4 is 17.1 Å². The topological polar surface area (TPSA) is 74.3 Å². The Bertz CT molecular complexity index is 1040. The summed E-state index contributed by atoms with van der Waals surface area (Å²) in [5, 5.41) is 29.9. The van der Waals surface area contributed by atoms with E-state index in [1.807, 2.05) is 0 Å². The second kappa shape index (κ2) is 7.30. The fraction of sp³-hybridized carbons (Fsp3) is 0.300. The molecule has 29 heavy (non-hydrogen) atoms. The van der Waals surface area contributed by atoms with Crippen LogP contribution in [0.2, 0.25) is 5.02 Å². The van der Waals surface area contributed by atoms with E-state index >= 15 is 0 Å². The third-order valence-electron chi connectivity index (χ3n) is 5.10. The van der Waals surface area contributed by atoms with Crippen molar-refractivity contribution in [2.24, 2.45) is 0 Å². The van der Waals surface area contributed by atoms with Crippen molar-refractivity contribution < 1.29 is 33.2 Å². The van der Waals surface area contributed by atoms with E-state index in [0.717, 1.165) is 12.3 Å². The summed E-state index contributed by atoms with van der Waals surface area (Å²) in [7, 11) is 0. The summed E-state index contributed by atoms with van der Waals surface area (Å²) in [5.41, 5.74) is 0.724. The predicted octanol–water partition coefficient (Wildman–Crippen LogP) is 3.43. The Hall–Kier alpha value is -2.10. The van der Waals surface area contributed by atoms with Crippen LogP contribution in [0.15, 0.2) is 48.7 Å². The molecule has 0 spiro atoms. The lowest BCUT2D eigenvalue weighted by Gasteiger charge is -2.19. The summed E-state index contributed by atoms with van der Waals surface area (Å²) in [4.78, 5) is 0. The first-order valence-electron chi connectivity index (χ1n) is 8.82. The predicted molar refractivity (Wildman–Crippen MR) is 99.6 cm³/mol. The Kier molecular flexibility index (Phi) is 5.08. The summed E-state index contributed by atoms with van der Waals surface area (Å²) in [6, 6.07) is 11.3. The van der Waals surface area contributed by atoms with Gasteiger partial charge in [0.05, 0.1) is 28.4 Å². The zero-order valence-corrected chi connectivity index (χ0v) is 15.6. The molecule has 0 radical (unpaired) electrons. The van der Waals surface area contributed by atoms with Gasteiger partial charge in [-0.05, 0) is 17.7 Å². The van der Waals surface area contributed by atoms with E-state index in [0.29, 0.717) is 16.6 Å². The zero-order valence-electron chi connectivity index (χ0n) is 14.8. The number of ether oxygens (including phenoxy) is 1. The molecular formula is C20H17ClF3NO4. The van der Waals surface area contributed by atoms with Gasteiger partial charge in [0, 0.05) is 11.8 Å². The zero-order chi connectivity index (χ0) is 20.9. The monoisotopic (exact) mass is 427 g/mol. The number of aliphatic hydroxyl groups excluding tert-OH is 3. The van der Waals surface area contributed by atoms with Crippen LogP contribution in [-0.2, 0) is 10.9 Å². The van der Waals surface area contributed by atoms with Crippen LogP contribution in [-0.4, -0.2) is 44.6 Å². The van der Waals surface area contributed by atoms with Crippen LogP contribution < -0.4 is 0 Å². The average molecular weight is 428 g/mol. The molecule has 154 valence electrons. The van der Waals surface area contributed by atoms with Crippen LogP contribution in [0.3, 0.4) is 0 Å². The van der Waals surface area contributed by atoms with Gasteiger partial charge in [0.15, 0.2) is 0 Å². The average Bonchev–Trinajstić information content (AvgIpc) is 3.20. The van der Waals surface area contributed by atoms with Crippen LogP contribution in [0.1, 0.15) is 17.4 Å². The van der Waals surface area contributed by atoms with Gasteiger partial charge in [-0.1, -0.05) is 41.9 Å². The van der Waals surface area contributed by atoms with Gasteiger partial charge in [-0.3, -0.25) is 0 Å². The molecule has 1 saturated heterocycles. The minimum Gasteiger partial charge on any atom is -0.394 e. The molecule has 3 N–H and O–H groups in total. The molecule has 0 saturated carbocycles. The standard InChI is InChI=1S/C20H17ClF3NO4/c21-13-6-11(20(22,23)24)8-25-14(13)7-12(10-4-2-1-3-5-10)16(25)19-18(28)17(27)15(9-26)29-19/h1-8,15,17-19,26-28H,9H2/t15-,17-,18-,19?/m1/s1. The van der Waals surface area contributed by atoms with Gasteiger partial charge >= 0.3 is 6.18 Å². The van der Waals surface area contributed by atoms with Gasteiger partial charge in [0.2, 0.25) is 0 Å². The van der Waals surface area contributed by atoms with Crippen molar-refractivity contribution in [3.8, 4) is 11.1 Å². The highest BCUT2D eigenvalue weighted by Crippen LogP contribution is 2.43. The Morgan fingerprint density at radius 2 is 1.76 bits per heavy atom. The molecule has 2 aromatic heterocycles. The summed E-state index contributed by atoms with van der Waals surface area (Å²) in [6.07, 6.45) is -8.81. The van der Waals surface area contributed by atoms with Gasteiger partial charge in [0.25, 0.3) is 0 Å². The number of hydrogen-bond acceptors (Lipinski definition) is 4. The maximum atomic E-state index is 13.4. The van der Waals surface area contributed by atoms with E-state index in [1.54, 1.807) is 36.4 Å². The van der Waals surface area contributed by atoms with Crippen molar-refractivity contribution in [1.82, 2.24) is 4.40 Å². The van der Waals surface area contributed by atoms with Crippen LogP contribution in [0, 0.1) is 0 Å². The third kappa shape index (κ3) is 3.41. The Morgan fingerprint density at radius 3 is 2.34 bits per heavy atom. The lowest BCUT2D eigenvalue weighted by molar-refractivity contribution is -0.137. The molecule has 4 rings (SSSR count). The van der Waals surface area contributed by atoms with Crippen molar-refractivity contribution in [2.75, 3.05) is 6.61 Å². The molecule has 3 aromatic rings. The van der Waals surface area contributed by atoms with Crippen LogP contribution >= 0.6 is 11.6 Å². The second-order valence-corrected chi connectivity index (χ2v) is 7.31. The lowest BCUT2D eigenvalue weighted by atomic mass is 9.99. The minimum atomic E-state index is -4.63. The maximum absolute atomic E-state index is 13.4. The Labute approximate surface area is 168 Å². The van der Waals surface area contributed by atoms with Gasteiger partial charge in [-0.15, -0.1) is 0 Å². The van der Waals surface area contributed by atoms with Crippen molar-refractivity contribution in [1.29, 1.82) is 0 Å². The van der Waals surface area contributed by atoms with Crippen LogP contribution in [0.4, 0.5) is 13.2 Å². The molecule has 0 amide bonds. The number of benzene rings is 1. The number of halogens is 4. The van der Waals surface area contributed by atoms with E-state index in [4.69, 9.17) is 16.3 Å². The first-order chi connectivity index (χ1) is 13.7. The number of pyridine rings is 1. The van der Waals surface area contributed by atoms with Gasteiger partial charge in [-0.2, -0.15) is 13.2 Å². The molecule has 1 aliphatic rings. The molecule has 1 aliphatic heterocycles. The molecule has 5 nitrogen and oxygen atoms in total. The lowest BCUT2D eigenvalue weighted by Crippen LogP contribution is -2.32. The second-order valence-electron chi connectivity index (χ2n) is 6.90. The summed E-state index contributed by atoms with van der Waals surface area (Å²) < 4.78 is 46.9. The number of hydrogen-bond donors (Lipinski definition) is 3. The number of aromatic nitrogens is 1. The molecule has 4 atom stereocenters. The van der Waals surface area contributed by atoms with Gasteiger partial charge in [-0.25, -0.2) is 0 Å². The largest absolute Gasteiger partial charge is 0.417 e. The molecule has 0 aliphatic carbocycles. The van der Waals surface area contributed by atoms with Crippen molar-refractivity contribution in [3.63, 3.8) is 0 Å². The van der Waals surface area contributed by atoms with Crippen molar-refractivity contribution in [3.05, 3.63) is 64.9 Å². The molecular weight excluding hydrogens is 411 g/mol. The smallest absolute Gasteiger partial charge is 0.394 e. The van der Waals surface area contributed by atoms with Crippen molar-refractivity contribution in [2.45, 2.75) is 30.6 Å². The van der Waals surface area contributed by atoms with Gasteiger partial charge < -0.3 is 24.5 Å². The molecule has 1 fully saturated rings. The number of alkyl halides is 3. The molecule has 9 heteroatoms. The summed E-state index contributed by atoms with van der Waals surface area (Å²) in [5.74, 6) is 0. The Morgan fingerprint density at radius 1 is 1.07 bits per heavy atom. The van der Waals surface area contributed by atoms with Crippen LogP contribution in [0.5, 0.6) is 0 Å². The highest BCUT2D eigenvalue weighted by Gasteiger charge is 2.45. The molecule has 1 unspecified atom stereocenters. The SMILES string of the molecule is OC[C@H]1OC(c2c(-c3ccccc3)cc3c(Cl)cc(C(F)(F)F)cn23)[C@H](O)[C@@H]1O. The van der Waals surface area contributed by atoms with E-state index in [9.17, 15) is 28.5 Å². The van der Waals surface area contributed by atoms with E-state index in [1.165, 1.54) is 4.40 Å². The highest BCUT2D eigenvalue weighted by atomic mass is 35.5. The van der Waals surface area contributed by atoms with Gasteiger partial charge in [0.1, 0.15) is 24.4 Å². The number of fused-ring (bicyclic) bond motifs is 1. The maximum Gasteiger partial charge on any atom is 0.417 e. The fourth-order valence-corrected chi connectivity index (χ4v) is 3.93. The highest BCUT2D eigenvalue weighted by molar-refractivity contribution is 6.34. The number of rotatable bonds is 3. The molecule has 0 bridgehead atoms. The fourth-order valence-electron chi connectivity index (χ4n) is 3.67. The first kappa shape index (κ1) is 20.2. The quantitative estimate of drug-likeness (QED) is 0.598. The molecule has 3 heterocycles. The Balaban J connectivity index is 2.00. The number of aliphatic hydroxyl groups is 3. The van der Waals surface area contributed by atoms with E-state index in [-0.39, 0.29) is 10.7 Å².